The third-order valence-corrected chi connectivity index (χ3v) is 3.93. The van der Waals surface area contributed by atoms with Gasteiger partial charge in [-0.05, 0) is 26.8 Å². The van der Waals surface area contributed by atoms with Gasteiger partial charge in [-0.2, -0.15) is 5.10 Å². The Morgan fingerprint density at radius 1 is 1.56 bits per heavy atom. The van der Waals surface area contributed by atoms with E-state index in [0.717, 1.165) is 30.7 Å². The summed E-state index contributed by atoms with van der Waals surface area (Å²) in [6.07, 6.45) is 0.267. The summed E-state index contributed by atoms with van der Waals surface area (Å²) in [5, 5.41) is 5.29. The second-order valence-corrected chi connectivity index (χ2v) is 6.37. The molecule has 0 aromatic carbocycles. The van der Waals surface area contributed by atoms with E-state index in [0.29, 0.717) is 0 Å². The van der Waals surface area contributed by atoms with Crippen molar-refractivity contribution in [3.05, 3.63) is 17.5 Å². The van der Waals surface area contributed by atoms with Gasteiger partial charge in [0.1, 0.15) is 0 Å². The molecule has 1 aliphatic rings. The summed E-state index contributed by atoms with van der Waals surface area (Å²) in [5.41, 5.74) is 2.26. The highest BCUT2D eigenvalue weighted by molar-refractivity contribution is 9.09. The van der Waals surface area contributed by atoms with Gasteiger partial charge in [-0.1, -0.05) is 15.9 Å². The number of hydrogen-bond acceptors (Lipinski definition) is 3. The number of ether oxygens (including phenoxy) is 1. The zero-order valence-corrected chi connectivity index (χ0v) is 13.2. The van der Waals surface area contributed by atoms with Gasteiger partial charge in [-0.25, -0.2) is 0 Å². The Morgan fingerprint density at radius 3 is 2.83 bits per heavy atom. The third kappa shape index (κ3) is 3.33. The van der Waals surface area contributed by atoms with Gasteiger partial charge < -0.3 is 4.74 Å². The van der Waals surface area contributed by atoms with Gasteiger partial charge in [0.25, 0.3) is 0 Å². The van der Waals surface area contributed by atoms with Gasteiger partial charge in [0.2, 0.25) is 0 Å². The standard InChI is InChI=1S/C13H22BrN3O/c1-10-5-11(16(4)15-10)7-17-8-12(6-14)18-13(2,3)9-17/h5,12H,6-9H2,1-4H3. The molecular formula is C13H22BrN3O. The molecule has 1 aliphatic heterocycles. The fourth-order valence-corrected chi connectivity index (χ4v) is 3.00. The van der Waals surface area contributed by atoms with Crippen LogP contribution in [0.25, 0.3) is 0 Å². The monoisotopic (exact) mass is 315 g/mol. The average molecular weight is 316 g/mol. The molecule has 1 fully saturated rings. The molecule has 1 unspecified atom stereocenters. The van der Waals surface area contributed by atoms with Crippen molar-refractivity contribution in [2.45, 2.75) is 39.0 Å². The van der Waals surface area contributed by atoms with E-state index in [-0.39, 0.29) is 11.7 Å². The highest BCUT2D eigenvalue weighted by Gasteiger charge is 2.33. The number of alkyl halides is 1. The van der Waals surface area contributed by atoms with E-state index in [9.17, 15) is 0 Å². The van der Waals surface area contributed by atoms with Gasteiger partial charge >= 0.3 is 0 Å². The summed E-state index contributed by atoms with van der Waals surface area (Å²) in [7, 11) is 2.01. The van der Waals surface area contributed by atoms with E-state index < -0.39 is 0 Å². The van der Waals surface area contributed by atoms with E-state index in [1.807, 2.05) is 18.7 Å². The summed E-state index contributed by atoms with van der Waals surface area (Å²) >= 11 is 3.52. The maximum atomic E-state index is 6.02. The van der Waals surface area contributed by atoms with Crippen LogP contribution >= 0.6 is 15.9 Å². The van der Waals surface area contributed by atoms with Crippen LogP contribution < -0.4 is 0 Å². The minimum Gasteiger partial charge on any atom is -0.369 e. The molecule has 102 valence electrons. The van der Waals surface area contributed by atoms with Crippen molar-refractivity contribution >= 4 is 15.9 Å². The Labute approximate surface area is 117 Å². The molecule has 1 aromatic rings. The average Bonchev–Trinajstić information content (AvgIpc) is 2.55. The highest BCUT2D eigenvalue weighted by atomic mass is 79.9. The fourth-order valence-electron chi connectivity index (χ4n) is 2.66. The lowest BCUT2D eigenvalue weighted by molar-refractivity contribution is -0.128. The van der Waals surface area contributed by atoms with Crippen LogP contribution in [0, 0.1) is 6.92 Å². The summed E-state index contributed by atoms with van der Waals surface area (Å²) in [6, 6.07) is 2.16. The maximum Gasteiger partial charge on any atom is 0.0806 e. The summed E-state index contributed by atoms with van der Waals surface area (Å²) in [4.78, 5) is 2.45. The van der Waals surface area contributed by atoms with Crippen molar-refractivity contribution in [3.63, 3.8) is 0 Å². The first-order valence-electron chi connectivity index (χ1n) is 6.35. The number of halogens is 1. The number of hydrogen-bond donors (Lipinski definition) is 0. The van der Waals surface area contributed by atoms with Crippen molar-refractivity contribution < 1.29 is 4.74 Å². The van der Waals surface area contributed by atoms with Crippen LogP contribution in [0.2, 0.25) is 0 Å². The van der Waals surface area contributed by atoms with Crippen LogP contribution in [0.1, 0.15) is 25.2 Å². The van der Waals surface area contributed by atoms with Crippen LogP contribution in [0.5, 0.6) is 0 Å². The van der Waals surface area contributed by atoms with E-state index in [1.54, 1.807) is 0 Å². The predicted octanol–water partition coefficient (Wildman–Crippen LogP) is 2.10. The number of nitrogens with zero attached hydrogens (tertiary/aromatic N) is 3. The molecule has 2 heterocycles. The quantitative estimate of drug-likeness (QED) is 0.800. The first kappa shape index (κ1) is 14.0. The molecule has 4 nitrogen and oxygen atoms in total. The molecule has 18 heavy (non-hydrogen) atoms. The Morgan fingerprint density at radius 2 is 2.28 bits per heavy atom. The van der Waals surface area contributed by atoms with Gasteiger partial charge in [-0.3, -0.25) is 9.58 Å². The Hall–Kier alpha value is -0.390. The Bertz CT molecular complexity index is 416. The van der Waals surface area contributed by atoms with E-state index >= 15 is 0 Å². The van der Waals surface area contributed by atoms with Crippen LogP contribution in [0.4, 0.5) is 0 Å². The molecule has 1 saturated heterocycles. The molecule has 0 radical (unpaired) electrons. The number of aromatic nitrogens is 2. The highest BCUT2D eigenvalue weighted by Crippen LogP contribution is 2.23. The van der Waals surface area contributed by atoms with Crippen molar-refractivity contribution in [1.82, 2.24) is 14.7 Å². The topological polar surface area (TPSA) is 30.3 Å². The van der Waals surface area contributed by atoms with Crippen LogP contribution in [-0.4, -0.2) is 44.8 Å². The largest absolute Gasteiger partial charge is 0.369 e. The predicted molar refractivity (Wildman–Crippen MR) is 76.0 cm³/mol. The van der Waals surface area contributed by atoms with Crippen molar-refractivity contribution in [2.75, 3.05) is 18.4 Å². The second-order valence-electron chi connectivity index (χ2n) is 5.72. The van der Waals surface area contributed by atoms with Crippen LogP contribution in [0.15, 0.2) is 6.07 Å². The number of morpholine rings is 1. The third-order valence-electron chi connectivity index (χ3n) is 3.21. The lowest BCUT2D eigenvalue weighted by Crippen LogP contribution is -2.52. The number of rotatable bonds is 3. The van der Waals surface area contributed by atoms with E-state index in [4.69, 9.17) is 4.74 Å². The lowest BCUT2D eigenvalue weighted by atomic mass is 10.1. The van der Waals surface area contributed by atoms with Gasteiger partial charge in [-0.15, -0.1) is 0 Å². The zero-order chi connectivity index (χ0) is 13.3. The molecule has 0 amide bonds. The molecule has 0 N–H and O–H groups in total. The minimum atomic E-state index is -0.0790. The summed E-state index contributed by atoms with van der Waals surface area (Å²) < 4.78 is 7.99. The molecule has 5 heteroatoms. The Kier molecular flexibility index (Phi) is 4.14. The summed E-state index contributed by atoms with van der Waals surface area (Å²) in [6.45, 7) is 9.22. The van der Waals surface area contributed by atoms with Gasteiger partial charge in [0.15, 0.2) is 0 Å². The SMILES string of the molecule is Cc1cc(CN2CC(CBr)OC(C)(C)C2)n(C)n1. The first-order valence-corrected chi connectivity index (χ1v) is 7.47. The zero-order valence-electron chi connectivity index (χ0n) is 11.6. The lowest BCUT2D eigenvalue weighted by Gasteiger charge is -2.42. The van der Waals surface area contributed by atoms with Crippen molar-refractivity contribution in [2.24, 2.45) is 7.05 Å². The van der Waals surface area contributed by atoms with Crippen molar-refractivity contribution in [1.29, 1.82) is 0 Å². The van der Waals surface area contributed by atoms with Gasteiger partial charge in [0, 0.05) is 32.0 Å². The van der Waals surface area contributed by atoms with E-state index in [2.05, 4.69) is 45.8 Å². The first-order chi connectivity index (χ1) is 8.39. The fraction of sp³-hybridized carbons (Fsp3) is 0.769. The Balaban J connectivity index is 2.06. The van der Waals surface area contributed by atoms with Crippen LogP contribution in [0.3, 0.4) is 0 Å². The molecule has 0 bridgehead atoms. The molecule has 1 aromatic heterocycles. The van der Waals surface area contributed by atoms with Crippen molar-refractivity contribution in [3.8, 4) is 0 Å². The maximum absolute atomic E-state index is 6.02. The minimum absolute atomic E-state index is 0.0790. The molecule has 0 saturated carbocycles. The van der Waals surface area contributed by atoms with Crippen LogP contribution in [-0.2, 0) is 18.3 Å². The molecule has 0 spiro atoms. The van der Waals surface area contributed by atoms with Gasteiger partial charge in [0.05, 0.1) is 23.1 Å². The molecule has 1 atom stereocenters. The normalized spacial score (nSPS) is 24.4. The smallest absolute Gasteiger partial charge is 0.0806 e. The van der Waals surface area contributed by atoms with E-state index in [1.165, 1.54) is 5.69 Å². The molecule has 0 aliphatic carbocycles. The number of aryl methyl sites for hydroxylation is 2. The second kappa shape index (κ2) is 5.31. The molecular weight excluding hydrogens is 294 g/mol. The summed E-state index contributed by atoms with van der Waals surface area (Å²) in [5.74, 6) is 0. The molecule has 2 rings (SSSR count).